The summed E-state index contributed by atoms with van der Waals surface area (Å²) in [6, 6.07) is 19.1. The molecule has 0 unspecified atom stereocenters. The number of hydrogen-bond acceptors (Lipinski definition) is 2. The van der Waals surface area contributed by atoms with Crippen LogP contribution in [0.5, 0.6) is 0 Å². The quantitative estimate of drug-likeness (QED) is 0.849. The number of nitrogens with zero attached hydrogens (tertiary/aromatic N) is 1. The lowest BCUT2D eigenvalue weighted by atomic mass is 9.90. The number of nitrogens with two attached hydrogens (primary N) is 1. The van der Waals surface area contributed by atoms with Crippen LogP contribution in [-0.4, -0.2) is 23.0 Å². The highest BCUT2D eigenvalue weighted by Crippen LogP contribution is 2.23. The van der Waals surface area contributed by atoms with E-state index in [1.807, 2.05) is 12.1 Å². The minimum Gasteiger partial charge on any atom is -0.389 e. The van der Waals surface area contributed by atoms with Crippen molar-refractivity contribution in [3.63, 3.8) is 0 Å². The molecule has 120 valence electrons. The number of likely N-dealkylation sites (tertiary alicyclic amines) is 1. The van der Waals surface area contributed by atoms with Gasteiger partial charge in [0.15, 0.2) is 0 Å². The maximum Gasteiger partial charge on any atom is 0.104 e. The summed E-state index contributed by atoms with van der Waals surface area (Å²) in [6.45, 7) is 3.26. The van der Waals surface area contributed by atoms with Gasteiger partial charge in [0.1, 0.15) is 4.99 Å². The van der Waals surface area contributed by atoms with Crippen molar-refractivity contribution in [1.82, 2.24) is 4.90 Å². The topological polar surface area (TPSA) is 29.3 Å². The average Bonchev–Trinajstić information content (AvgIpc) is 2.58. The van der Waals surface area contributed by atoms with Crippen LogP contribution in [0.3, 0.4) is 0 Å². The van der Waals surface area contributed by atoms with Crippen LogP contribution in [0, 0.1) is 5.92 Å². The highest BCUT2D eigenvalue weighted by Gasteiger charge is 2.20. The molecule has 1 aliphatic rings. The molecule has 23 heavy (non-hydrogen) atoms. The minimum absolute atomic E-state index is 0.500. The summed E-state index contributed by atoms with van der Waals surface area (Å²) >= 11 is 5.17. The summed E-state index contributed by atoms with van der Waals surface area (Å²) in [5.41, 5.74) is 9.58. The van der Waals surface area contributed by atoms with Gasteiger partial charge in [-0.05, 0) is 49.4 Å². The van der Waals surface area contributed by atoms with Gasteiger partial charge >= 0.3 is 0 Å². The van der Waals surface area contributed by atoms with E-state index in [9.17, 15) is 0 Å². The molecule has 0 aromatic heterocycles. The van der Waals surface area contributed by atoms with Crippen molar-refractivity contribution in [2.45, 2.75) is 25.8 Å². The van der Waals surface area contributed by atoms with E-state index < -0.39 is 0 Å². The van der Waals surface area contributed by atoms with Crippen LogP contribution in [0.1, 0.15) is 29.5 Å². The Bertz CT molecular complexity index is 646. The molecule has 0 saturated carbocycles. The fraction of sp³-hybridized carbons (Fsp3) is 0.350. The molecule has 1 heterocycles. The molecule has 3 rings (SSSR count). The molecular weight excluding hydrogens is 300 g/mol. The number of piperidine rings is 1. The molecule has 2 aromatic carbocycles. The van der Waals surface area contributed by atoms with E-state index in [2.05, 4.69) is 47.4 Å². The van der Waals surface area contributed by atoms with Crippen LogP contribution in [-0.2, 0) is 13.0 Å². The summed E-state index contributed by atoms with van der Waals surface area (Å²) in [5, 5.41) is 0. The Hall–Kier alpha value is -1.71. The van der Waals surface area contributed by atoms with Crippen molar-refractivity contribution in [1.29, 1.82) is 0 Å². The van der Waals surface area contributed by atoms with Gasteiger partial charge in [-0.15, -0.1) is 0 Å². The zero-order valence-corrected chi connectivity index (χ0v) is 14.3. The average molecular weight is 324 g/mol. The van der Waals surface area contributed by atoms with E-state index in [-0.39, 0.29) is 0 Å². The third-order valence-electron chi connectivity index (χ3n) is 4.75. The fourth-order valence-electron chi connectivity index (χ4n) is 3.44. The van der Waals surface area contributed by atoms with E-state index in [0.717, 1.165) is 31.1 Å². The molecule has 1 fully saturated rings. The second-order valence-corrected chi connectivity index (χ2v) is 6.87. The first-order chi connectivity index (χ1) is 11.2. The van der Waals surface area contributed by atoms with Gasteiger partial charge in [0.2, 0.25) is 0 Å². The summed E-state index contributed by atoms with van der Waals surface area (Å²) in [7, 11) is 0. The highest BCUT2D eigenvalue weighted by atomic mass is 32.1. The predicted octanol–water partition coefficient (Wildman–Crippen LogP) is 3.78. The normalized spacial score (nSPS) is 16.3. The van der Waals surface area contributed by atoms with Gasteiger partial charge in [-0.25, -0.2) is 0 Å². The van der Waals surface area contributed by atoms with E-state index in [1.54, 1.807) is 0 Å². The van der Waals surface area contributed by atoms with E-state index >= 15 is 0 Å². The predicted molar refractivity (Wildman–Crippen MR) is 100 cm³/mol. The minimum atomic E-state index is 0.500. The molecule has 0 spiro atoms. The number of benzene rings is 2. The van der Waals surface area contributed by atoms with Crippen LogP contribution < -0.4 is 5.73 Å². The zero-order valence-electron chi connectivity index (χ0n) is 13.4. The summed E-state index contributed by atoms with van der Waals surface area (Å²) < 4.78 is 0. The first-order valence-corrected chi connectivity index (χ1v) is 8.77. The third-order valence-corrected chi connectivity index (χ3v) is 4.97. The standard InChI is InChI=1S/C20H24N2S/c21-20(23)19-9-5-4-8-18(19)15-22-12-10-17(11-13-22)14-16-6-2-1-3-7-16/h1-9,17H,10-15H2,(H2,21,23). The second-order valence-electron chi connectivity index (χ2n) is 6.43. The number of hydrogen-bond donors (Lipinski definition) is 1. The van der Waals surface area contributed by atoms with Crippen LogP contribution >= 0.6 is 12.2 Å². The molecule has 0 radical (unpaired) electrons. The molecule has 0 amide bonds. The van der Waals surface area contributed by atoms with Gasteiger partial charge in [0.05, 0.1) is 0 Å². The van der Waals surface area contributed by atoms with Crippen molar-refractivity contribution < 1.29 is 0 Å². The molecular formula is C20H24N2S. The highest BCUT2D eigenvalue weighted by molar-refractivity contribution is 7.80. The Morgan fingerprint density at radius 3 is 2.35 bits per heavy atom. The Morgan fingerprint density at radius 1 is 1.00 bits per heavy atom. The Kier molecular flexibility index (Phi) is 5.42. The Balaban J connectivity index is 1.54. The first-order valence-electron chi connectivity index (χ1n) is 8.36. The van der Waals surface area contributed by atoms with E-state index in [1.165, 1.54) is 30.4 Å². The first kappa shape index (κ1) is 16.2. The molecule has 2 aromatic rings. The van der Waals surface area contributed by atoms with Crippen molar-refractivity contribution in [3.05, 3.63) is 71.3 Å². The van der Waals surface area contributed by atoms with Crippen molar-refractivity contribution in [2.75, 3.05) is 13.1 Å². The van der Waals surface area contributed by atoms with Gasteiger partial charge in [-0.3, -0.25) is 4.90 Å². The van der Waals surface area contributed by atoms with Crippen LogP contribution in [0.4, 0.5) is 0 Å². The summed E-state index contributed by atoms with van der Waals surface area (Å²) in [5.74, 6) is 0.805. The monoisotopic (exact) mass is 324 g/mol. The maximum absolute atomic E-state index is 5.84. The summed E-state index contributed by atoms with van der Waals surface area (Å²) in [4.78, 5) is 3.03. The second kappa shape index (κ2) is 7.71. The van der Waals surface area contributed by atoms with Crippen molar-refractivity contribution in [3.8, 4) is 0 Å². The molecule has 0 bridgehead atoms. The zero-order chi connectivity index (χ0) is 16.1. The third kappa shape index (κ3) is 4.40. The lowest BCUT2D eigenvalue weighted by molar-refractivity contribution is 0.177. The molecule has 3 heteroatoms. The van der Waals surface area contributed by atoms with Crippen molar-refractivity contribution >= 4 is 17.2 Å². The van der Waals surface area contributed by atoms with Crippen LogP contribution in [0.2, 0.25) is 0 Å². The van der Waals surface area contributed by atoms with Gasteiger partial charge in [0, 0.05) is 12.1 Å². The number of rotatable bonds is 5. The molecule has 1 saturated heterocycles. The molecule has 0 atom stereocenters. The van der Waals surface area contributed by atoms with Gasteiger partial charge < -0.3 is 5.73 Å². The van der Waals surface area contributed by atoms with Crippen molar-refractivity contribution in [2.24, 2.45) is 11.7 Å². The van der Waals surface area contributed by atoms with E-state index in [4.69, 9.17) is 18.0 Å². The fourth-order valence-corrected chi connectivity index (χ4v) is 3.63. The summed E-state index contributed by atoms with van der Waals surface area (Å²) in [6.07, 6.45) is 3.74. The van der Waals surface area contributed by atoms with Gasteiger partial charge in [0.25, 0.3) is 0 Å². The SMILES string of the molecule is NC(=S)c1ccccc1CN1CCC(Cc2ccccc2)CC1. The Labute approximate surface area is 144 Å². The molecule has 2 N–H and O–H groups in total. The van der Waals surface area contributed by atoms with Gasteiger partial charge in [-0.1, -0.05) is 66.8 Å². The largest absolute Gasteiger partial charge is 0.389 e. The lowest BCUT2D eigenvalue weighted by Crippen LogP contribution is -2.34. The van der Waals surface area contributed by atoms with Crippen LogP contribution in [0.15, 0.2) is 54.6 Å². The maximum atomic E-state index is 5.84. The number of thiocarbonyl (C=S) groups is 1. The van der Waals surface area contributed by atoms with E-state index in [0.29, 0.717) is 4.99 Å². The molecule has 2 nitrogen and oxygen atoms in total. The lowest BCUT2D eigenvalue weighted by Gasteiger charge is -2.32. The van der Waals surface area contributed by atoms with Crippen LogP contribution in [0.25, 0.3) is 0 Å². The molecule has 1 aliphatic heterocycles. The molecule has 0 aliphatic carbocycles. The Morgan fingerprint density at radius 2 is 1.65 bits per heavy atom. The van der Waals surface area contributed by atoms with Gasteiger partial charge in [-0.2, -0.15) is 0 Å². The smallest absolute Gasteiger partial charge is 0.104 e.